The number of carbonyl (C=O) groups excluding carboxylic acids is 4. The lowest BCUT2D eigenvalue weighted by Crippen LogP contribution is -2.35. The van der Waals surface area contributed by atoms with Gasteiger partial charge in [0.25, 0.3) is 0 Å². The molecule has 3 heterocycles. The van der Waals surface area contributed by atoms with Crippen LogP contribution >= 0.6 is 0 Å². The van der Waals surface area contributed by atoms with Crippen LogP contribution in [0.4, 0.5) is 0 Å². The minimum Gasteiger partial charge on any atom is -0.462 e. The molecule has 0 amide bonds. The molecular formula is C41H68O10. The molecule has 0 aromatic rings. The van der Waals surface area contributed by atoms with Crippen LogP contribution in [-0.2, 0) is 47.6 Å². The molecule has 8 atom stereocenters. The minimum atomic E-state index is -0.336. The lowest BCUT2D eigenvalue weighted by molar-refractivity contribution is -0.164. The third-order valence-corrected chi connectivity index (χ3v) is 10.4. The van der Waals surface area contributed by atoms with Crippen molar-refractivity contribution in [2.24, 2.45) is 0 Å². The largest absolute Gasteiger partial charge is 0.462 e. The Morgan fingerprint density at radius 2 is 1.08 bits per heavy atom. The van der Waals surface area contributed by atoms with Crippen LogP contribution in [0.3, 0.4) is 0 Å². The van der Waals surface area contributed by atoms with Crippen LogP contribution in [0, 0.1) is 0 Å². The average Bonchev–Trinajstić information content (AvgIpc) is 3.82. The summed E-state index contributed by atoms with van der Waals surface area (Å²) in [5.41, 5.74) is 0.589. The first kappa shape index (κ1) is 42.9. The highest BCUT2D eigenvalue weighted by molar-refractivity contribution is 5.90. The van der Waals surface area contributed by atoms with Gasteiger partial charge in [-0.05, 0) is 77.2 Å². The summed E-state index contributed by atoms with van der Waals surface area (Å²) in [7, 11) is 0. The number of ether oxygens (including phenoxy) is 6. The molecule has 2 fully saturated rings. The molecule has 0 saturated carbocycles. The summed E-state index contributed by atoms with van der Waals surface area (Å²) < 4.78 is 35.2. The Balaban J connectivity index is 1.34. The number of hydrogen-bond donors (Lipinski definition) is 0. The maximum absolute atomic E-state index is 12.0. The van der Waals surface area contributed by atoms with Crippen LogP contribution in [0.5, 0.6) is 0 Å². The van der Waals surface area contributed by atoms with Gasteiger partial charge in [0.1, 0.15) is 24.4 Å². The van der Waals surface area contributed by atoms with Gasteiger partial charge in [0, 0.05) is 32.8 Å². The van der Waals surface area contributed by atoms with Crippen LogP contribution in [0.2, 0.25) is 0 Å². The second-order valence-corrected chi connectivity index (χ2v) is 15.1. The zero-order valence-electron chi connectivity index (χ0n) is 32.3. The van der Waals surface area contributed by atoms with Crippen molar-refractivity contribution in [3.63, 3.8) is 0 Å². The van der Waals surface area contributed by atoms with E-state index in [-0.39, 0.29) is 72.7 Å². The summed E-state index contributed by atoms with van der Waals surface area (Å²) in [6.07, 6.45) is 22.5. The molecule has 10 heteroatoms. The molecule has 3 aliphatic rings. The van der Waals surface area contributed by atoms with Gasteiger partial charge in [0.2, 0.25) is 0 Å². The average molecular weight is 721 g/mol. The van der Waals surface area contributed by atoms with Crippen LogP contribution in [0.25, 0.3) is 0 Å². The number of cyclic esters (lactones) is 1. The van der Waals surface area contributed by atoms with Gasteiger partial charge in [-0.15, -0.1) is 0 Å². The second-order valence-electron chi connectivity index (χ2n) is 15.1. The second kappa shape index (κ2) is 24.0. The van der Waals surface area contributed by atoms with Gasteiger partial charge in [-0.3, -0.25) is 14.4 Å². The Bertz CT molecular complexity index is 1090. The zero-order chi connectivity index (χ0) is 37.0. The molecule has 0 aromatic heterocycles. The van der Waals surface area contributed by atoms with Gasteiger partial charge < -0.3 is 28.4 Å². The summed E-state index contributed by atoms with van der Waals surface area (Å²) in [4.78, 5) is 47.5. The fourth-order valence-electron chi connectivity index (χ4n) is 7.91. The molecule has 0 aliphatic carbocycles. The molecule has 0 spiro atoms. The van der Waals surface area contributed by atoms with E-state index in [1.165, 1.54) is 59.3 Å². The first-order chi connectivity index (χ1) is 24.5. The molecule has 3 rings (SSSR count). The van der Waals surface area contributed by atoms with Gasteiger partial charge >= 0.3 is 23.9 Å². The van der Waals surface area contributed by atoms with Crippen molar-refractivity contribution in [2.75, 3.05) is 0 Å². The summed E-state index contributed by atoms with van der Waals surface area (Å²) in [6.45, 7) is 8.40. The highest BCUT2D eigenvalue weighted by Crippen LogP contribution is 2.36. The third-order valence-electron chi connectivity index (χ3n) is 10.4. The van der Waals surface area contributed by atoms with Crippen LogP contribution in [0.1, 0.15) is 176 Å². The smallest absolute Gasteiger partial charge is 0.334 e. The van der Waals surface area contributed by atoms with Gasteiger partial charge in [0.05, 0.1) is 24.4 Å². The lowest BCUT2D eigenvalue weighted by atomic mass is 9.99. The SMILES string of the molecule is CCCCCCCCCC[C@@H](OC(C)=O)[C@H]1CC[C@H]([C@H]2CC[C@H]([C@@H](CCCCCCCC[C@H](CC3=C[C@H](C)OC3=O)OC(C)=O)OC(C)=O)O2)O1. The van der Waals surface area contributed by atoms with Crippen LogP contribution in [0.15, 0.2) is 11.6 Å². The Hall–Kier alpha value is -2.46. The van der Waals surface area contributed by atoms with Gasteiger partial charge in [0.15, 0.2) is 0 Å². The highest BCUT2D eigenvalue weighted by atomic mass is 16.6. The van der Waals surface area contributed by atoms with Crippen molar-refractivity contribution in [2.45, 2.75) is 225 Å². The molecule has 2 saturated heterocycles. The molecule has 0 N–H and O–H groups in total. The van der Waals surface area contributed by atoms with E-state index < -0.39 is 0 Å². The minimum absolute atomic E-state index is 0.0395. The van der Waals surface area contributed by atoms with E-state index in [4.69, 9.17) is 28.4 Å². The molecule has 0 aromatic carbocycles. The maximum Gasteiger partial charge on any atom is 0.334 e. The first-order valence-corrected chi connectivity index (χ1v) is 20.3. The fraction of sp³-hybridized carbons (Fsp3) is 0.854. The van der Waals surface area contributed by atoms with E-state index in [1.54, 1.807) is 6.08 Å². The molecule has 10 nitrogen and oxygen atoms in total. The number of unbranched alkanes of at least 4 members (excludes halogenated alkanes) is 12. The van der Waals surface area contributed by atoms with Gasteiger partial charge in [-0.25, -0.2) is 4.79 Å². The Labute approximate surface area is 307 Å². The van der Waals surface area contributed by atoms with Crippen LogP contribution in [-0.4, -0.2) is 72.7 Å². The topological polar surface area (TPSA) is 124 Å². The molecule has 51 heavy (non-hydrogen) atoms. The van der Waals surface area contributed by atoms with Crippen molar-refractivity contribution in [3.8, 4) is 0 Å². The number of esters is 4. The van der Waals surface area contributed by atoms with E-state index in [9.17, 15) is 19.2 Å². The first-order valence-electron chi connectivity index (χ1n) is 20.3. The predicted octanol–water partition coefficient (Wildman–Crippen LogP) is 8.79. The quantitative estimate of drug-likeness (QED) is 0.0487. The van der Waals surface area contributed by atoms with E-state index >= 15 is 0 Å². The molecule has 292 valence electrons. The number of hydrogen-bond acceptors (Lipinski definition) is 10. The van der Waals surface area contributed by atoms with Crippen molar-refractivity contribution < 1.29 is 47.6 Å². The van der Waals surface area contributed by atoms with Crippen molar-refractivity contribution in [3.05, 3.63) is 11.6 Å². The van der Waals surface area contributed by atoms with Gasteiger partial charge in [-0.1, -0.05) is 77.6 Å². The van der Waals surface area contributed by atoms with E-state index in [0.29, 0.717) is 18.4 Å². The van der Waals surface area contributed by atoms with Crippen molar-refractivity contribution in [1.29, 1.82) is 0 Å². The normalized spacial score (nSPS) is 24.8. The monoisotopic (exact) mass is 720 g/mol. The molecule has 0 bridgehead atoms. The van der Waals surface area contributed by atoms with Crippen molar-refractivity contribution in [1.82, 2.24) is 0 Å². The predicted molar refractivity (Wildman–Crippen MR) is 195 cm³/mol. The summed E-state index contributed by atoms with van der Waals surface area (Å²) in [5.74, 6) is -1.19. The molecule has 3 aliphatic heterocycles. The maximum atomic E-state index is 12.0. The summed E-state index contributed by atoms with van der Waals surface area (Å²) in [5, 5.41) is 0. The van der Waals surface area contributed by atoms with Crippen LogP contribution < -0.4 is 0 Å². The Morgan fingerprint density at radius 1 is 0.647 bits per heavy atom. The standard InChI is InChI=1S/C41H68O10/c1-6-7-8-9-10-11-15-18-21-35(48-31(4)43)37-23-25-39(50-37)40-26-24-38(51-40)36(49-32(5)44)22-19-16-13-12-14-17-20-34(47-30(3)42)28-33-27-29(2)46-41(33)45/h27,29,34-40H,6-26,28H2,1-5H3/t29-,34+,35+,36+,37+,38+,39+,40+/m0/s1. The van der Waals surface area contributed by atoms with Crippen molar-refractivity contribution >= 4 is 23.9 Å². The summed E-state index contributed by atoms with van der Waals surface area (Å²) in [6, 6.07) is 0. The third kappa shape index (κ3) is 16.8. The Morgan fingerprint density at radius 3 is 1.49 bits per heavy atom. The fourth-order valence-corrected chi connectivity index (χ4v) is 7.91. The number of rotatable bonds is 26. The van der Waals surface area contributed by atoms with E-state index in [1.807, 2.05) is 6.92 Å². The molecule has 0 unspecified atom stereocenters. The zero-order valence-corrected chi connectivity index (χ0v) is 32.3. The highest BCUT2D eigenvalue weighted by Gasteiger charge is 2.42. The Kier molecular flexibility index (Phi) is 20.2. The van der Waals surface area contributed by atoms with Gasteiger partial charge in [-0.2, -0.15) is 0 Å². The van der Waals surface area contributed by atoms with E-state index in [0.717, 1.165) is 89.9 Å². The summed E-state index contributed by atoms with van der Waals surface area (Å²) >= 11 is 0. The lowest BCUT2D eigenvalue weighted by Gasteiger charge is -2.27. The van der Waals surface area contributed by atoms with E-state index in [2.05, 4.69) is 6.92 Å². The molecule has 0 radical (unpaired) electrons. The molecular weight excluding hydrogens is 652 g/mol. The number of carbonyl (C=O) groups is 4.